The molecule has 30 heavy (non-hydrogen) atoms. The van der Waals surface area contributed by atoms with Gasteiger partial charge in [-0.3, -0.25) is 9.89 Å². The van der Waals surface area contributed by atoms with Gasteiger partial charge in [-0.25, -0.2) is 4.98 Å². The fraction of sp³-hybridized carbons (Fsp3) is 0.348. The van der Waals surface area contributed by atoms with E-state index < -0.39 is 0 Å². The van der Waals surface area contributed by atoms with Crippen LogP contribution in [0.25, 0.3) is 0 Å². The Kier molecular flexibility index (Phi) is 7.07. The molecule has 2 aromatic carbocycles. The number of aromatic nitrogens is 3. The van der Waals surface area contributed by atoms with Crippen LogP contribution in [-0.2, 0) is 11.2 Å². The summed E-state index contributed by atoms with van der Waals surface area (Å²) in [5.41, 5.74) is 2.01. The van der Waals surface area contributed by atoms with E-state index in [2.05, 4.69) is 20.5 Å². The highest BCUT2D eigenvalue weighted by atomic mass is 35.5. The van der Waals surface area contributed by atoms with E-state index in [9.17, 15) is 4.79 Å². The van der Waals surface area contributed by atoms with Crippen LogP contribution in [0.4, 0.5) is 0 Å². The molecule has 1 fully saturated rings. The third-order valence-electron chi connectivity index (χ3n) is 5.44. The van der Waals surface area contributed by atoms with E-state index in [1.165, 1.54) is 37.4 Å². The summed E-state index contributed by atoms with van der Waals surface area (Å²) < 4.78 is 0. The highest BCUT2D eigenvalue weighted by Gasteiger charge is 2.19. The number of carbonyl (C=O) groups is 1. The van der Waals surface area contributed by atoms with Gasteiger partial charge in [0.25, 0.3) is 0 Å². The SMILES string of the molecule is O=C(CSc1n[nH]c(CC2CCCC2)n1)NC(c1ccccc1)c1ccc(Cl)cc1. The molecule has 1 amide bonds. The summed E-state index contributed by atoms with van der Waals surface area (Å²) in [5.74, 6) is 1.83. The minimum Gasteiger partial charge on any atom is -0.344 e. The van der Waals surface area contributed by atoms with E-state index in [4.69, 9.17) is 11.6 Å². The molecule has 0 aliphatic heterocycles. The fourth-order valence-electron chi connectivity index (χ4n) is 3.91. The van der Waals surface area contributed by atoms with Gasteiger partial charge in [0.15, 0.2) is 0 Å². The number of carbonyl (C=O) groups excluding carboxylic acids is 1. The number of amides is 1. The molecule has 3 aromatic rings. The van der Waals surface area contributed by atoms with Crippen LogP contribution in [0.15, 0.2) is 59.8 Å². The fourth-order valence-corrected chi connectivity index (χ4v) is 4.67. The highest BCUT2D eigenvalue weighted by molar-refractivity contribution is 7.99. The molecule has 0 saturated heterocycles. The Labute approximate surface area is 186 Å². The van der Waals surface area contributed by atoms with Crippen molar-refractivity contribution in [1.82, 2.24) is 20.5 Å². The van der Waals surface area contributed by atoms with Crippen LogP contribution in [-0.4, -0.2) is 26.8 Å². The van der Waals surface area contributed by atoms with Crippen molar-refractivity contribution in [3.8, 4) is 0 Å². The molecule has 0 spiro atoms. The Bertz CT molecular complexity index is 955. The number of halogens is 1. The number of thioether (sulfide) groups is 1. The van der Waals surface area contributed by atoms with E-state index in [0.717, 1.165) is 23.4 Å². The summed E-state index contributed by atoms with van der Waals surface area (Å²) in [6.07, 6.45) is 6.13. The van der Waals surface area contributed by atoms with Crippen LogP contribution >= 0.6 is 23.4 Å². The molecule has 0 bridgehead atoms. The zero-order valence-electron chi connectivity index (χ0n) is 16.7. The van der Waals surface area contributed by atoms with Crippen LogP contribution in [0.3, 0.4) is 0 Å². The predicted octanol–water partition coefficient (Wildman–Crippen LogP) is 5.19. The molecule has 1 aliphatic rings. The average Bonchev–Trinajstić information content (AvgIpc) is 3.44. The predicted molar refractivity (Wildman–Crippen MR) is 121 cm³/mol. The summed E-state index contributed by atoms with van der Waals surface area (Å²) in [6, 6.07) is 17.3. The first kappa shape index (κ1) is 20.9. The van der Waals surface area contributed by atoms with Gasteiger partial charge in [-0.1, -0.05) is 91.5 Å². The second-order valence-electron chi connectivity index (χ2n) is 7.67. The zero-order chi connectivity index (χ0) is 20.8. The number of benzene rings is 2. The highest BCUT2D eigenvalue weighted by Crippen LogP contribution is 2.28. The summed E-state index contributed by atoms with van der Waals surface area (Å²) in [6.45, 7) is 0. The topological polar surface area (TPSA) is 70.7 Å². The third-order valence-corrected chi connectivity index (χ3v) is 6.54. The summed E-state index contributed by atoms with van der Waals surface area (Å²) in [4.78, 5) is 17.3. The smallest absolute Gasteiger partial charge is 0.231 e. The molecule has 1 aliphatic carbocycles. The van der Waals surface area contributed by atoms with Crippen LogP contribution in [0.5, 0.6) is 0 Å². The van der Waals surface area contributed by atoms with Gasteiger partial charge in [-0.15, -0.1) is 5.10 Å². The van der Waals surface area contributed by atoms with Crippen molar-refractivity contribution in [2.45, 2.75) is 43.3 Å². The first-order valence-corrected chi connectivity index (χ1v) is 11.7. The van der Waals surface area contributed by atoms with Crippen LogP contribution < -0.4 is 5.32 Å². The lowest BCUT2D eigenvalue weighted by atomic mass is 9.99. The van der Waals surface area contributed by atoms with Gasteiger partial charge < -0.3 is 5.32 Å². The van der Waals surface area contributed by atoms with Gasteiger partial charge in [0.2, 0.25) is 11.1 Å². The monoisotopic (exact) mass is 440 g/mol. The van der Waals surface area contributed by atoms with Crippen molar-refractivity contribution in [2.24, 2.45) is 5.92 Å². The van der Waals surface area contributed by atoms with Crippen LogP contribution in [0.1, 0.15) is 48.7 Å². The molecular weight excluding hydrogens is 416 g/mol. The second kappa shape index (κ2) is 10.1. The summed E-state index contributed by atoms with van der Waals surface area (Å²) >= 11 is 7.39. The lowest BCUT2D eigenvalue weighted by Gasteiger charge is -2.20. The average molecular weight is 441 g/mol. The Morgan fingerprint density at radius 2 is 1.80 bits per heavy atom. The van der Waals surface area contributed by atoms with Gasteiger partial charge in [0.05, 0.1) is 11.8 Å². The molecule has 2 N–H and O–H groups in total. The van der Waals surface area contributed by atoms with Gasteiger partial charge >= 0.3 is 0 Å². The largest absolute Gasteiger partial charge is 0.344 e. The molecule has 1 aromatic heterocycles. The number of nitrogens with one attached hydrogen (secondary N) is 2. The van der Waals surface area contributed by atoms with Crippen molar-refractivity contribution in [1.29, 1.82) is 0 Å². The molecule has 156 valence electrons. The minimum atomic E-state index is -0.235. The van der Waals surface area contributed by atoms with Crippen LogP contribution in [0.2, 0.25) is 5.02 Å². The summed E-state index contributed by atoms with van der Waals surface area (Å²) in [7, 11) is 0. The van der Waals surface area contributed by atoms with Crippen molar-refractivity contribution < 1.29 is 4.79 Å². The second-order valence-corrected chi connectivity index (χ2v) is 9.05. The van der Waals surface area contributed by atoms with Crippen molar-refractivity contribution >= 4 is 29.3 Å². The van der Waals surface area contributed by atoms with E-state index in [-0.39, 0.29) is 17.7 Å². The standard InChI is InChI=1S/C23H25ClN4OS/c24-19-12-10-18(11-13-19)22(17-8-2-1-3-9-17)26-21(29)15-30-23-25-20(27-28-23)14-16-6-4-5-7-16/h1-3,8-13,16,22H,4-7,14-15H2,(H,26,29)(H,25,27,28). The lowest BCUT2D eigenvalue weighted by molar-refractivity contribution is -0.119. The van der Waals surface area contributed by atoms with Crippen molar-refractivity contribution in [3.63, 3.8) is 0 Å². The normalized spacial score (nSPS) is 15.2. The van der Waals surface area contributed by atoms with Gasteiger partial charge in [0.1, 0.15) is 5.82 Å². The number of nitrogens with zero attached hydrogens (tertiary/aromatic N) is 2. The quantitative estimate of drug-likeness (QED) is 0.473. The Morgan fingerprint density at radius 3 is 2.53 bits per heavy atom. The van der Waals surface area contributed by atoms with Gasteiger partial charge in [-0.2, -0.15) is 0 Å². The molecular formula is C23H25ClN4OS. The van der Waals surface area contributed by atoms with E-state index in [1.807, 2.05) is 54.6 Å². The minimum absolute atomic E-state index is 0.0639. The number of H-pyrrole nitrogens is 1. The number of hydrogen-bond acceptors (Lipinski definition) is 4. The third kappa shape index (κ3) is 5.64. The zero-order valence-corrected chi connectivity index (χ0v) is 18.3. The maximum atomic E-state index is 12.7. The molecule has 0 radical (unpaired) electrons. The summed E-state index contributed by atoms with van der Waals surface area (Å²) in [5, 5.41) is 11.7. The number of aromatic amines is 1. The number of rotatable bonds is 8. The molecule has 1 saturated carbocycles. The maximum absolute atomic E-state index is 12.7. The van der Waals surface area contributed by atoms with Crippen molar-refractivity contribution in [3.05, 3.63) is 76.6 Å². The molecule has 7 heteroatoms. The molecule has 1 heterocycles. The molecule has 4 rings (SSSR count). The van der Waals surface area contributed by atoms with Crippen LogP contribution in [0, 0.1) is 5.92 Å². The Hall–Kier alpha value is -2.31. The first-order chi connectivity index (χ1) is 14.7. The van der Waals surface area contributed by atoms with Gasteiger partial charge in [-0.05, 0) is 29.2 Å². The first-order valence-electron chi connectivity index (χ1n) is 10.3. The van der Waals surface area contributed by atoms with E-state index in [1.54, 1.807) is 0 Å². The number of hydrogen-bond donors (Lipinski definition) is 2. The Balaban J connectivity index is 1.37. The maximum Gasteiger partial charge on any atom is 0.231 e. The molecule has 1 atom stereocenters. The van der Waals surface area contributed by atoms with Crippen molar-refractivity contribution in [2.75, 3.05) is 5.75 Å². The lowest BCUT2D eigenvalue weighted by Crippen LogP contribution is -2.30. The van der Waals surface area contributed by atoms with E-state index in [0.29, 0.717) is 16.1 Å². The molecule has 1 unspecified atom stereocenters. The molecule has 5 nitrogen and oxygen atoms in total. The van der Waals surface area contributed by atoms with E-state index >= 15 is 0 Å². The Morgan fingerprint density at radius 1 is 1.10 bits per heavy atom. The van der Waals surface area contributed by atoms with Gasteiger partial charge in [0, 0.05) is 11.4 Å².